The Hall–Kier alpha value is -0.780. The van der Waals surface area contributed by atoms with E-state index < -0.39 is 23.4 Å². The molecule has 5 nitrogen and oxygen atoms in total. The average Bonchev–Trinajstić information content (AvgIpc) is 2.86. The molecule has 0 bridgehead atoms. The molecular weight excluding hydrogens is 332 g/mol. The molecule has 0 unspecified atom stereocenters. The van der Waals surface area contributed by atoms with Gasteiger partial charge in [0.05, 0.1) is 6.10 Å². The number of aliphatic hydroxyl groups is 3. The highest BCUT2D eigenvalue weighted by Gasteiger charge is 2.68. The fourth-order valence-electron chi connectivity index (χ4n) is 7.64. The molecule has 4 aliphatic carbocycles. The van der Waals surface area contributed by atoms with Crippen molar-refractivity contribution in [1.82, 2.24) is 0 Å². The standard InChI is InChI=1S/C21H32O5/c1-19-7-5-13(23)9-12(19)3-4-14-15-6-8-21(26,17(25)11-22)20(15,2)10-16(24)18(14)19/h12-15,18,22-23,26H,3-11H2,1-2H3/t12-,13+,14-,15+,18-,19-,20-,21-/m0/s1. The molecule has 4 fully saturated rings. The van der Waals surface area contributed by atoms with Gasteiger partial charge in [0.25, 0.3) is 0 Å². The number of aliphatic hydroxyl groups excluding tert-OH is 2. The van der Waals surface area contributed by atoms with Crippen LogP contribution in [0.3, 0.4) is 0 Å². The van der Waals surface area contributed by atoms with Gasteiger partial charge in [-0.1, -0.05) is 13.8 Å². The fourth-order valence-corrected chi connectivity index (χ4v) is 7.64. The summed E-state index contributed by atoms with van der Waals surface area (Å²) in [5, 5.41) is 30.6. The molecule has 4 saturated carbocycles. The topological polar surface area (TPSA) is 94.8 Å². The molecule has 146 valence electrons. The first-order valence-corrected chi connectivity index (χ1v) is 10.2. The summed E-state index contributed by atoms with van der Waals surface area (Å²) in [7, 11) is 0. The minimum Gasteiger partial charge on any atom is -0.393 e. The summed E-state index contributed by atoms with van der Waals surface area (Å²) < 4.78 is 0. The molecule has 4 rings (SSSR count). The molecule has 4 aliphatic rings. The Morgan fingerprint density at radius 1 is 1.15 bits per heavy atom. The van der Waals surface area contributed by atoms with Crippen molar-refractivity contribution in [2.24, 2.45) is 34.5 Å². The van der Waals surface area contributed by atoms with Crippen molar-refractivity contribution < 1.29 is 24.9 Å². The quantitative estimate of drug-likeness (QED) is 0.695. The van der Waals surface area contributed by atoms with Crippen LogP contribution in [0.5, 0.6) is 0 Å². The van der Waals surface area contributed by atoms with E-state index in [4.69, 9.17) is 0 Å². The predicted octanol–water partition coefficient (Wildman–Crippen LogP) is 1.86. The lowest BCUT2D eigenvalue weighted by Crippen LogP contribution is -2.62. The molecule has 0 heterocycles. The SMILES string of the molecule is C[C@]12CC[C@@H](O)C[C@@H]1CC[C@@H]1[C@H]2C(=O)C[C@@]2(C)[C@@H]1CC[C@]2(O)C(=O)CO. The third-order valence-corrected chi connectivity index (χ3v) is 9.08. The number of fused-ring (bicyclic) bond motifs is 5. The van der Waals surface area contributed by atoms with Gasteiger partial charge in [-0.15, -0.1) is 0 Å². The second-order valence-electron chi connectivity index (χ2n) is 10.00. The molecule has 0 aromatic heterocycles. The number of Topliss-reactive ketones (excluding diaryl/α,β-unsaturated/α-hetero) is 2. The van der Waals surface area contributed by atoms with Gasteiger partial charge in [0.1, 0.15) is 18.0 Å². The number of rotatable bonds is 2. The third kappa shape index (κ3) is 2.20. The molecule has 0 aliphatic heterocycles. The van der Waals surface area contributed by atoms with Crippen LogP contribution in [-0.2, 0) is 9.59 Å². The van der Waals surface area contributed by atoms with Crippen LogP contribution in [0.15, 0.2) is 0 Å². The fraction of sp³-hybridized carbons (Fsp3) is 0.905. The van der Waals surface area contributed by atoms with Gasteiger partial charge in [0.15, 0.2) is 5.78 Å². The highest BCUT2D eigenvalue weighted by atomic mass is 16.3. The maximum atomic E-state index is 13.4. The van der Waals surface area contributed by atoms with Gasteiger partial charge in [0, 0.05) is 17.8 Å². The molecule has 3 N–H and O–H groups in total. The molecule has 26 heavy (non-hydrogen) atoms. The zero-order chi connectivity index (χ0) is 18.9. The summed E-state index contributed by atoms with van der Waals surface area (Å²) in [4.78, 5) is 25.7. The molecule has 5 heteroatoms. The van der Waals surface area contributed by atoms with E-state index in [0.717, 1.165) is 38.5 Å². The van der Waals surface area contributed by atoms with E-state index in [1.807, 2.05) is 6.92 Å². The first-order valence-electron chi connectivity index (χ1n) is 10.2. The van der Waals surface area contributed by atoms with E-state index in [-0.39, 0.29) is 41.5 Å². The Balaban J connectivity index is 1.70. The molecule has 8 atom stereocenters. The highest BCUT2D eigenvalue weighted by molar-refractivity contribution is 5.92. The third-order valence-electron chi connectivity index (χ3n) is 9.08. The predicted molar refractivity (Wildman–Crippen MR) is 95.2 cm³/mol. The first-order chi connectivity index (χ1) is 12.2. The van der Waals surface area contributed by atoms with E-state index in [1.165, 1.54) is 0 Å². The lowest BCUT2D eigenvalue weighted by Gasteiger charge is -2.60. The first kappa shape index (κ1) is 18.6. The van der Waals surface area contributed by atoms with Gasteiger partial charge in [-0.05, 0) is 68.1 Å². The van der Waals surface area contributed by atoms with Gasteiger partial charge in [-0.3, -0.25) is 9.59 Å². The van der Waals surface area contributed by atoms with Crippen molar-refractivity contribution in [3.05, 3.63) is 0 Å². The number of hydrogen-bond donors (Lipinski definition) is 3. The average molecular weight is 364 g/mol. The lowest BCUT2D eigenvalue weighted by molar-refractivity contribution is -0.180. The van der Waals surface area contributed by atoms with Gasteiger partial charge >= 0.3 is 0 Å². The van der Waals surface area contributed by atoms with Crippen molar-refractivity contribution >= 4 is 11.6 Å². The molecule has 0 amide bonds. The molecular formula is C21H32O5. The van der Waals surface area contributed by atoms with E-state index >= 15 is 0 Å². The van der Waals surface area contributed by atoms with E-state index in [9.17, 15) is 24.9 Å². The van der Waals surface area contributed by atoms with Crippen LogP contribution in [-0.4, -0.2) is 45.2 Å². The second-order valence-corrected chi connectivity index (χ2v) is 10.00. The van der Waals surface area contributed by atoms with Gasteiger partial charge in [-0.2, -0.15) is 0 Å². The normalized spacial score (nSPS) is 53.6. The summed E-state index contributed by atoms with van der Waals surface area (Å²) in [5.41, 5.74) is -2.40. The van der Waals surface area contributed by atoms with Crippen molar-refractivity contribution in [2.45, 2.75) is 76.9 Å². The maximum absolute atomic E-state index is 13.4. The second kappa shape index (κ2) is 5.86. The molecule has 0 saturated heterocycles. The monoisotopic (exact) mass is 364 g/mol. The Kier molecular flexibility index (Phi) is 4.18. The van der Waals surface area contributed by atoms with Crippen molar-refractivity contribution in [3.8, 4) is 0 Å². The minimum absolute atomic E-state index is 0.0154. The zero-order valence-electron chi connectivity index (χ0n) is 15.9. The van der Waals surface area contributed by atoms with Crippen LogP contribution < -0.4 is 0 Å². The van der Waals surface area contributed by atoms with Crippen LogP contribution in [0.2, 0.25) is 0 Å². The zero-order valence-corrected chi connectivity index (χ0v) is 15.9. The maximum Gasteiger partial charge on any atom is 0.190 e. The molecule has 0 spiro atoms. The molecule has 0 radical (unpaired) electrons. The van der Waals surface area contributed by atoms with E-state index in [2.05, 4.69) is 6.92 Å². The van der Waals surface area contributed by atoms with Crippen LogP contribution in [0.1, 0.15) is 65.2 Å². The summed E-state index contributed by atoms with van der Waals surface area (Å²) in [6.45, 7) is 3.46. The smallest absolute Gasteiger partial charge is 0.190 e. The van der Waals surface area contributed by atoms with E-state index in [0.29, 0.717) is 12.3 Å². The number of hydrogen-bond acceptors (Lipinski definition) is 5. The number of ketones is 2. The van der Waals surface area contributed by atoms with Gasteiger partial charge < -0.3 is 15.3 Å². The van der Waals surface area contributed by atoms with Crippen LogP contribution >= 0.6 is 0 Å². The molecule has 0 aromatic rings. The molecule has 0 aromatic carbocycles. The van der Waals surface area contributed by atoms with Crippen molar-refractivity contribution in [1.29, 1.82) is 0 Å². The Morgan fingerprint density at radius 3 is 2.58 bits per heavy atom. The summed E-state index contributed by atoms with van der Waals surface area (Å²) in [5.74, 6) is 0.380. The van der Waals surface area contributed by atoms with E-state index in [1.54, 1.807) is 0 Å². The minimum atomic E-state index is -1.58. The van der Waals surface area contributed by atoms with Gasteiger partial charge in [-0.25, -0.2) is 0 Å². The van der Waals surface area contributed by atoms with Crippen LogP contribution in [0.25, 0.3) is 0 Å². The van der Waals surface area contributed by atoms with Crippen LogP contribution in [0, 0.1) is 34.5 Å². The van der Waals surface area contributed by atoms with Gasteiger partial charge in [0.2, 0.25) is 0 Å². The van der Waals surface area contributed by atoms with Crippen molar-refractivity contribution in [2.75, 3.05) is 6.61 Å². The Bertz CT molecular complexity index is 632. The van der Waals surface area contributed by atoms with Crippen LogP contribution in [0.4, 0.5) is 0 Å². The highest BCUT2D eigenvalue weighted by Crippen LogP contribution is 2.67. The Morgan fingerprint density at radius 2 is 1.88 bits per heavy atom. The summed E-state index contributed by atoms with van der Waals surface area (Å²) in [6.07, 6.45) is 5.47. The largest absolute Gasteiger partial charge is 0.393 e. The lowest BCUT2D eigenvalue weighted by atomic mass is 9.44. The number of carbonyl (C=O) groups excluding carboxylic acids is 2. The number of carbonyl (C=O) groups is 2. The Labute approximate surface area is 155 Å². The summed E-state index contributed by atoms with van der Waals surface area (Å²) in [6, 6.07) is 0. The van der Waals surface area contributed by atoms with Crippen molar-refractivity contribution in [3.63, 3.8) is 0 Å². The summed E-state index contributed by atoms with van der Waals surface area (Å²) >= 11 is 0.